The molecule has 2 N–H and O–H groups in total. The maximum atomic E-state index is 13.5. The summed E-state index contributed by atoms with van der Waals surface area (Å²) in [7, 11) is 0. The smallest absolute Gasteiger partial charge is 0.305 e. The summed E-state index contributed by atoms with van der Waals surface area (Å²) in [6.07, 6.45) is 41.6. The molecule has 0 aliphatic carbocycles. The quantitative estimate of drug-likeness (QED) is 0.0526. The molecule has 1 unspecified atom stereocenters. The number of benzene rings is 2. The van der Waals surface area contributed by atoms with Crippen LogP contribution in [0, 0.1) is 33.6 Å². The molecule has 2 rings (SSSR count). The van der Waals surface area contributed by atoms with E-state index in [4.69, 9.17) is 4.74 Å². The largest absolute Gasteiger partial charge is 0.507 e. The zero-order chi connectivity index (χ0) is 43.1. The molecular formula is C55H94O4. The van der Waals surface area contributed by atoms with Crippen molar-refractivity contribution in [3.05, 3.63) is 57.6 Å². The Labute approximate surface area is 365 Å². The summed E-state index contributed by atoms with van der Waals surface area (Å²) in [4.78, 5) is 13.5. The average Bonchev–Trinajstić information content (AvgIpc) is 3.22. The molecule has 0 aliphatic heterocycles. The molecule has 2 aromatic rings. The second-order valence-electron chi connectivity index (χ2n) is 19.1. The van der Waals surface area contributed by atoms with Crippen molar-refractivity contribution in [2.75, 3.05) is 6.61 Å². The van der Waals surface area contributed by atoms with Crippen LogP contribution in [0.3, 0.4) is 0 Å². The van der Waals surface area contributed by atoms with E-state index in [1.807, 2.05) is 52.0 Å². The fourth-order valence-electron chi connectivity index (χ4n) is 9.21. The van der Waals surface area contributed by atoms with Crippen molar-refractivity contribution >= 4 is 5.97 Å². The number of carbonyl (C=O) groups is 1. The van der Waals surface area contributed by atoms with Gasteiger partial charge in [0.25, 0.3) is 0 Å². The maximum absolute atomic E-state index is 13.5. The van der Waals surface area contributed by atoms with Crippen molar-refractivity contribution in [1.82, 2.24) is 0 Å². The van der Waals surface area contributed by atoms with Gasteiger partial charge < -0.3 is 14.9 Å². The molecule has 1 atom stereocenters. The van der Waals surface area contributed by atoms with Gasteiger partial charge in [0.2, 0.25) is 0 Å². The van der Waals surface area contributed by atoms with Crippen LogP contribution < -0.4 is 0 Å². The lowest BCUT2D eigenvalue weighted by Gasteiger charge is -2.33. The third-order valence-electron chi connectivity index (χ3n) is 13.5. The van der Waals surface area contributed by atoms with Gasteiger partial charge in [-0.15, -0.1) is 0 Å². The monoisotopic (exact) mass is 819 g/mol. The molecule has 59 heavy (non-hydrogen) atoms. The standard InChI is InChI=1S/C55H94O4/c1-8-10-12-14-16-18-20-22-23-24-25-27-29-31-33-35-37-49(36-34-32-30-28-26-21-19-17-15-13-11-9-2)44-59-52(56)38-39-55(7,50-40-45(3)53(57)46(4)41-50)51-42-47(5)54(58)48(6)43-51/h40-43,49,57-58H,8-39,44H2,1-7H3. The second kappa shape index (κ2) is 32.3. The van der Waals surface area contributed by atoms with Crippen molar-refractivity contribution < 1.29 is 19.7 Å². The molecule has 0 saturated heterocycles. The number of rotatable bonds is 37. The lowest BCUT2D eigenvalue weighted by molar-refractivity contribution is -0.145. The highest BCUT2D eigenvalue weighted by atomic mass is 16.5. The SMILES string of the molecule is CCCCCCCCCCCCCCCCCCC(CCCCCCCCCCCCCC)COC(=O)CCC(C)(c1cc(C)c(O)c(C)c1)c1cc(C)c(O)c(C)c1. The maximum Gasteiger partial charge on any atom is 0.305 e. The normalized spacial score (nSPS) is 12.3. The first kappa shape index (κ1) is 52.6. The minimum Gasteiger partial charge on any atom is -0.507 e. The molecule has 0 aromatic heterocycles. The van der Waals surface area contributed by atoms with Crippen LogP contribution in [0.5, 0.6) is 11.5 Å². The molecule has 0 saturated carbocycles. The zero-order valence-electron chi connectivity index (χ0n) is 39.9. The van der Waals surface area contributed by atoms with Gasteiger partial charge in [-0.05, 0) is 86.3 Å². The highest BCUT2D eigenvalue weighted by Crippen LogP contribution is 2.41. The molecule has 0 aliphatic rings. The van der Waals surface area contributed by atoms with Gasteiger partial charge >= 0.3 is 5.97 Å². The number of aromatic hydroxyl groups is 2. The van der Waals surface area contributed by atoms with Crippen molar-refractivity contribution in [3.8, 4) is 11.5 Å². The van der Waals surface area contributed by atoms with E-state index in [0.717, 1.165) is 46.2 Å². The fraction of sp³-hybridized carbons (Fsp3) is 0.764. The number of esters is 1. The number of aryl methyl sites for hydroxylation is 4. The molecular weight excluding hydrogens is 725 g/mol. The summed E-state index contributed by atoms with van der Waals surface area (Å²) in [6, 6.07) is 8.20. The van der Waals surface area contributed by atoms with Gasteiger partial charge in [-0.1, -0.05) is 225 Å². The minimum atomic E-state index is -0.493. The van der Waals surface area contributed by atoms with Crippen LogP contribution in [0.1, 0.15) is 260 Å². The lowest BCUT2D eigenvalue weighted by Crippen LogP contribution is -2.26. The van der Waals surface area contributed by atoms with E-state index in [1.54, 1.807) is 0 Å². The predicted molar refractivity (Wildman–Crippen MR) is 255 cm³/mol. The summed E-state index contributed by atoms with van der Waals surface area (Å²) in [5.41, 5.74) is 4.96. The number of carbonyl (C=O) groups excluding carboxylic acids is 1. The van der Waals surface area contributed by atoms with Crippen LogP contribution in [0.2, 0.25) is 0 Å². The summed E-state index contributed by atoms with van der Waals surface area (Å²) in [6.45, 7) is 15.0. The number of phenolic OH excluding ortho intramolecular Hbond substituents is 2. The van der Waals surface area contributed by atoms with Crippen molar-refractivity contribution in [1.29, 1.82) is 0 Å². The Bertz CT molecular complexity index is 1270. The summed E-state index contributed by atoms with van der Waals surface area (Å²) in [5.74, 6) is 0.946. The summed E-state index contributed by atoms with van der Waals surface area (Å²) < 4.78 is 6.12. The third-order valence-corrected chi connectivity index (χ3v) is 13.5. The molecule has 0 amide bonds. The van der Waals surface area contributed by atoms with E-state index >= 15 is 0 Å². The molecule has 0 fully saturated rings. The third kappa shape index (κ3) is 22.3. The number of hydrogen-bond donors (Lipinski definition) is 2. The minimum absolute atomic E-state index is 0.123. The highest BCUT2D eigenvalue weighted by molar-refractivity contribution is 5.70. The van der Waals surface area contributed by atoms with E-state index in [9.17, 15) is 15.0 Å². The zero-order valence-corrected chi connectivity index (χ0v) is 39.9. The first-order valence-corrected chi connectivity index (χ1v) is 25.3. The van der Waals surface area contributed by atoms with Gasteiger partial charge in [-0.25, -0.2) is 0 Å². The van der Waals surface area contributed by atoms with Gasteiger partial charge in [0.1, 0.15) is 11.5 Å². The van der Waals surface area contributed by atoms with Crippen LogP contribution in [0.25, 0.3) is 0 Å². The van der Waals surface area contributed by atoms with E-state index in [2.05, 4.69) is 20.8 Å². The van der Waals surface area contributed by atoms with Gasteiger partial charge in [-0.2, -0.15) is 0 Å². The second-order valence-corrected chi connectivity index (χ2v) is 19.1. The number of phenols is 2. The Morgan fingerprint density at radius 1 is 0.492 bits per heavy atom. The number of unbranched alkanes of at least 4 members (excludes halogenated alkanes) is 26. The van der Waals surface area contributed by atoms with E-state index < -0.39 is 5.41 Å². The Morgan fingerprint density at radius 3 is 1.05 bits per heavy atom. The number of ether oxygens (including phenoxy) is 1. The fourth-order valence-corrected chi connectivity index (χ4v) is 9.21. The van der Waals surface area contributed by atoms with E-state index in [-0.39, 0.29) is 5.97 Å². The van der Waals surface area contributed by atoms with E-state index in [1.165, 1.54) is 180 Å². The van der Waals surface area contributed by atoms with Crippen molar-refractivity contribution in [3.63, 3.8) is 0 Å². The van der Waals surface area contributed by atoms with Gasteiger partial charge in [0.05, 0.1) is 6.61 Å². The molecule has 4 nitrogen and oxygen atoms in total. The van der Waals surface area contributed by atoms with E-state index in [0.29, 0.717) is 36.9 Å². The Hall–Kier alpha value is -2.49. The Morgan fingerprint density at radius 2 is 0.763 bits per heavy atom. The molecule has 0 heterocycles. The van der Waals surface area contributed by atoms with Crippen LogP contribution in [-0.4, -0.2) is 22.8 Å². The van der Waals surface area contributed by atoms with Gasteiger partial charge in [0.15, 0.2) is 0 Å². The first-order chi connectivity index (χ1) is 28.5. The predicted octanol–water partition coefficient (Wildman–Crippen LogP) is 17.3. The van der Waals surface area contributed by atoms with Crippen molar-refractivity contribution in [2.24, 2.45) is 5.92 Å². The molecule has 0 spiro atoms. The Balaban J connectivity index is 1.86. The molecule has 2 aromatic carbocycles. The molecule has 338 valence electrons. The van der Waals surface area contributed by atoms with Gasteiger partial charge in [0, 0.05) is 11.8 Å². The van der Waals surface area contributed by atoms with Crippen LogP contribution >= 0.6 is 0 Å². The molecule has 0 bridgehead atoms. The lowest BCUT2D eigenvalue weighted by atomic mass is 9.71. The molecule has 0 radical (unpaired) electrons. The average molecular weight is 819 g/mol. The topological polar surface area (TPSA) is 66.8 Å². The molecule has 4 heteroatoms. The van der Waals surface area contributed by atoms with Gasteiger partial charge in [-0.3, -0.25) is 4.79 Å². The summed E-state index contributed by atoms with van der Waals surface area (Å²) >= 11 is 0. The van der Waals surface area contributed by atoms with Crippen LogP contribution in [0.15, 0.2) is 24.3 Å². The van der Waals surface area contributed by atoms with Crippen molar-refractivity contribution in [2.45, 2.75) is 259 Å². The Kier molecular flexibility index (Phi) is 28.8. The van der Waals surface area contributed by atoms with Crippen LogP contribution in [-0.2, 0) is 14.9 Å². The number of hydrogen-bond acceptors (Lipinski definition) is 4. The highest BCUT2D eigenvalue weighted by Gasteiger charge is 2.32. The summed E-state index contributed by atoms with van der Waals surface area (Å²) in [5, 5.41) is 21.2. The first-order valence-electron chi connectivity index (χ1n) is 25.3. The van der Waals surface area contributed by atoms with Crippen LogP contribution in [0.4, 0.5) is 0 Å².